The van der Waals surface area contributed by atoms with Gasteiger partial charge in [-0.25, -0.2) is 0 Å². The highest BCUT2D eigenvalue weighted by Gasteiger charge is 2.25. The maximum Gasteiger partial charge on any atom is 0.269 e. The van der Waals surface area contributed by atoms with E-state index in [1.54, 1.807) is 12.1 Å². The van der Waals surface area contributed by atoms with E-state index in [2.05, 4.69) is 13.8 Å². The van der Waals surface area contributed by atoms with Gasteiger partial charge >= 0.3 is 0 Å². The summed E-state index contributed by atoms with van der Waals surface area (Å²) in [7, 11) is 0. The summed E-state index contributed by atoms with van der Waals surface area (Å²) >= 11 is 0. The van der Waals surface area contributed by atoms with Crippen LogP contribution in [0.2, 0.25) is 0 Å². The summed E-state index contributed by atoms with van der Waals surface area (Å²) in [6.07, 6.45) is 1.48. The third kappa shape index (κ3) is 3.56. The molecule has 1 aliphatic heterocycles. The quantitative estimate of drug-likeness (QED) is 0.629. The zero-order chi connectivity index (χ0) is 14.7. The van der Waals surface area contributed by atoms with Crippen molar-refractivity contribution < 1.29 is 9.72 Å². The van der Waals surface area contributed by atoms with Crippen molar-refractivity contribution in [3.8, 4) is 0 Å². The van der Waals surface area contributed by atoms with E-state index >= 15 is 0 Å². The fraction of sp³-hybridized carbons (Fsp3) is 0.533. The highest BCUT2D eigenvalue weighted by Crippen LogP contribution is 2.22. The maximum absolute atomic E-state index is 12.3. The number of nitro groups is 1. The van der Waals surface area contributed by atoms with Gasteiger partial charge in [0.2, 0.25) is 5.91 Å². The van der Waals surface area contributed by atoms with Crippen LogP contribution < -0.4 is 0 Å². The molecular weight excluding hydrogens is 256 g/mol. The van der Waals surface area contributed by atoms with Crippen molar-refractivity contribution in [2.45, 2.75) is 26.7 Å². The first-order chi connectivity index (χ1) is 9.45. The Bertz CT molecular complexity index is 488. The minimum absolute atomic E-state index is 0.0569. The Hall–Kier alpha value is -1.91. The van der Waals surface area contributed by atoms with Crippen molar-refractivity contribution >= 4 is 11.6 Å². The first kappa shape index (κ1) is 14.5. The lowest BCUT2D eigenvalue weighted by atomic mass is 9.91. The molecule has 0 spiro atoms. The van der Waals surface area contributed by atoms with Crippen LogP contribution in [0.3, 0.4) is 0 Å². The van der Waals surface area contributed by atoms with E-state index in [4.69, 9.17) is 0 Å². The minimum atomic E-state index is -0.431. The van der Waals surface area contributed by atoms with Gasteiger partial charge in [0.1, 0.15) is 0 Å². The van der Waals surface area contributed by atoms with Crippen LogP contribution in [-0.2, 0) is 11.2 Å². The molecule has 1 fully saturated rings. The molecule has 20 heavy (non-hydrogen) atoms. The fourth-order valence-corrected chi connectivity index (χ4v) is 2.89. The van der Waals surface area contributed by atoms with Crippen LogP contribution >= 0.6 is 0 Å². The van der Waals surface area contributed by atoms with Gasteiger partial charge < -0.3 is 4.90 Å². The average molecular weight is 276 g/mol. The summed E-state index contributed by atoms with van der Waals surface area (Å²) in [4.78, 5) is 24.3. The topological polar surface area (TPSA) is 63.5 Å². The van der Waals surface area contributed by atoms with Gasteiger partial charge in [-0.15, -0.1) is 0 Å². The molecule has 0 unspecified atom stereocenters. The van der Waals surface area contributed by atoms with Crippen molar-refractivity contribution in [2.75, 3.05) is 13.1 Å². The largest absolute Gasteiger partial charge is 0.342 e. The number of amides is 1. The van der Waals surface area contributed by atoms with Crippen LogP contribution in [0, 0.1) is 22.0 Å². The van der Waals surface area contributed by atoms with E-state index in [9.17, 15) is 14.9 Å². The van der Waals surface area contributed by atoms with E-state index in [-0.39, 0.29) is 11.6 Å². The molecule has 1 aromatic rings. The van der Waals surface area contributed by atoms with Crippen molar-refractivity contribution in [2.24, 2.45) is 11.8 Å². The molecule has 108 valence electrons. The molecule has 1 heterocycles. The summed E-state index contributed by atoms with van der Waals surface area (Å²) in [5.74, 6) is 1.19. The second-order valence-electron chi connectivity index (χ2n) is 5.85. The first-order valence-electron chi connectivity index (χ1n) is 6.97. The molecule has 2 rings (SSSR count). The summed E-state index contributed by atoms with van der Waals surface area (Å²) < 4.78 is 0. The predicted octanol–water partition coefficient (Wildman–Crippen LogP) is 2.64. The lowest BCUT2D eigenvalue weighted by molar-refractivity contribution is -0.384. The van der Waals surface area contributed by atoms with Crippen LogP contribution in [0.15, 0.2) is 24.3 Å². The zero-order valence-corrected chi connectivity index (χ0v) is 11.9. The SMILES string of the molecule is C[C@@H]1C[C@@H](C)CN(C(=O)Cc2ccc([N+](=O)[O-])cc2)C1. The van der Waals surface area contributed by atoms with Gasteiger partial charge in [0.25, 0.3) is 5.69 Å². The summed E-state index contributed by atoms with van der Waals surface area (Å²) in [6.45, 7) is 5.97. The van der Waals surface area contributed by atoms with E-state index in [1.165, 1.54) is 18.6 Å². The number of benzene rings is 1. The number of likely N-dealkylation sites (tertiary alicyclic amines) is 1. The molecule has 5 heteroatoms. The Morgan fingerprint density at radius 3 is 2.30 bits per heavy atom. The Morgan fingerprint density at radius 1 is 1.25 bits per heavy atom. The van der Waals surface area contributed by atoms with E-state index in [0.29, 0.717) is 18.3 Å². The smallest absolute Gasteiger partial charge is 0.269 e. The number of piperidine rings is 1. The molecule has 1 aliphatic rings. The molecule has 1 saturated heterocycles. The van der Waals surface area contributed by atoms with Gasteiger partial charge in [0.05, 0.1) is 11.3 Å². The fourth-order valence-electron chi connectivity index (χ4n) is 2.89. The Kier molecular flexibility index (Phi) is 4.37. The lowest BCUT2D eigenvalue weighted by Gasteiger charge is -2.35. The molecule has 0 aliphatic carbocycles. The van der Waals surface area contributed by atoms with Crippen LogP contribution in [0.1, 0.15) is 25.8 Å². The summed E-state index contributed by atoms with van der Waals surface area (Å²) in [5, 5.41) is 10.6. The number of carbonyl (C=O) groups is 1. The molecule has 1 aromatic carbocycles. The Labute approximate surface area is 118 Å². The van der Waals surface area contributed by atoms with Gasteiger partial charge in [-0.3, -0.25) is 14.9 Å². The summed E-state index contributed by atoms with van der Waals surface area (Å²) in [5.41, 5.74) is 0.882. The highest BCUT2D eigenvalue weighted by atomic mass is 16.6. The Balaban J connectivity index is 1.98. The zero-order valence-electron chi connectivity index (χ0n) is 11.9. The van der Waals surface area contributed by atoms with Gasteiger partial charge in [0, 0.05) is 25.2 Å². The predicted molar refractivity (Wildman–Crippen MR) is 76.3 cm³/mol. The van der Waals surface area contributed by atoms with Crippen LogP contribution in [-0.4, -0.2) is 28.8 Å². The molecule has 0 N–H and O–H groups in total. The van der Waals surface area contributed by atoms with E-state index in [0.717, 1.165) is 18.7 Å². The standard InChI is InChI=1S/C15H20N2O3/c1-11-7-12(2)10-16(9-11)15(18)8-13-3-5-14(6-4-13)17(19)20/h3-6,11-12H,7-10H2,1-2H3/t11-,12-/m1/s1. The molecule has 0 bridgehead atoms. The second-order valence-corrected chi connectivity index (χ2v) is 5.85. The number of carbonyl (C=O) groups excluding carboxylic acids is 1. The van der Waals surface area contributed by atoms with E-state index in [1.807, 2.05) is 4.90 Å². The minimum Gasteiger partial charge on any atom is -0.342 e. The van der Waals surface area contributed by atoms with Crippen molar-refractivity contribution in [1.29, 1.82) is 0 Å². The molecule has 0 saturated carbocycles. The molecule has 5 nitrogen and oxygen atoms in total. The van der Waals surface area contributed by atoms with Gasteiger partial charge in [-0.05, 0) is 23.8 Å². The average Bonchev–Trinajstić information content (AvgIpc) is 2.38. The molecule has 2 atom stereocenters. The van der Waals surface area contributed by atoms with Gasteiger partial charge in [0.15, 0.2) is 0 Å². The number of rotatable bonds is 3. The van der Waals surface area contributed by atoms with Crippen LogP contribution in [0.4, 0.5) is 5.69 Å². The van der Waals surface area contributed by atoms with Crippen LogP contribution in [0.5, 0.6) is 0 Å². The van der Waals surface area contributed by atoms with Crippen molar-refractivity contribution in [3.05, 3.63) is 39.9 Å². The summed E-state index contributed by atoms with van der Waals surface area (Å²) in [6, 6.07) is 6.22. The number of nitrogens with zero attached hydrogens (tertiary/aromatic N) is 2. The van der Waals surface area contributed by atoms with E-state index < -0.39 is 4.92 Å². The monoisotopic (exact) mass is 276 g/mol. The second kappa shape index (κ2) is 6.03. The molecule has 0 aromatic heterocycles. The number of nitro benzene ring substituents is 1. The lowest BCUT2D eigenvalue weighted by Crippen LogP contribution is -2.43. The third-order valence-corrected chi connectivity index (χ3v) is 3.72. The number of hydrogen-bond acceptors (Lipinski definition) is 3. The normalized spacial score (nSPS) is 22.6. The van der Waals surface area contributed by atoms with Gasteiger partial charge in [-0.2, -0.15) is 0 Å². The molecule has 0 radical (unpaired) electrons. The first-order valence-corrected chi connectivity index (χ1v) is 6.97. The third-order valence-electron chi connectivity index (χ3n) is 3.72. The highest BCUT2D eigenvalue weighted by molar-refractivity contribution is 5.79. The van der Waals surface area contributed by atoms with Crippen molar-refractivity contribution in [1.82, 2.24) is 4.90 Å². The van der Waals surface area contributed by atoms with Crippen molar-refractivity contribution in [3.63, 3.8) is 0 Å². The Morgan fingerprint density at radius 2 is 1.80 bits per heavy atom. The number of hydrogen-bond donors (Lipinski definition) is 0. The number of non-ortho nitro benzene ring substituents is 1. The molecule has 1 amide bonds. The van der Waals surface area contributed by atoms with Crippen LogP contribution in [0.25, 0.3) is 0 Å². The van der Waals surface area contributed by atoms with Gasteiger partial charge in [-0.1, -0.05) is 26.0 Å². The maximum atomic E-state index is 12.3. The molecular formula is C15H20N2O3.